The Morgan fingerprint density at radius 1 is 1.03 bits per heavy atom. The molecule has 2 N–H and O–H groups in total. The second-order valence-electron chi connectivity index (χ2n) is 18.7. The first-order chi connectivity index (χ1) is 30.6. The van der Waals surface area contributed by atoms with Gasteiger partial charge in [-0.2, -0.15) is 0 Å². The quantitative estimate of drug-likeness (QED) is 0.191. The van der Waals surface area contributed by atoms with Crippen LogP contribution >= 0.6 is 0 Å². The van der Waals surface area contributed by atoms with E-state index in [4.69, 9.17) is 33.2 Å². The monoisotopic (exact) mass is 908 g/mol. The van der Waals surface area contributed by atoms with Gasteiger partial charge < -0.3 is 48.5 Å². The highest BCUT2D eigenvalue weighted by molar-refractivity contribution is 5.85. The van der Waals surface area contributed by atoms with E-state index >= 15 is 0 Å². The maximum atomic E-state index is 14.6. The zero-order valence-corrected chi connectivity index (χ0v) is 39.7. The number of fused-ring (bicyclic) bond motifs is 1. The Hall–Kier alpha value is -4.97. The van der Waals surface area contributed by atoms with Crippen molar-refractivity contribution in [3.8, 4) is 11.3 Å². The van der Waals surface area contributed by atoms with Gasteiger partial charge in [-0.25, -0.2) is 9.59 Å². The van der Waals surface area contributed by atoms with Crippen molar-refractivity contribution in [3.63, 3.8) is 0 Å². The van der Waals surface area contributed by atoms with E-state index < -0.39 is 108 Å². The number of aliphatic hydroxyl groups excluding tert-OH is 1. The number of amides is 1. The molecule has 5 rings (SSSR count). The van der Waals surface area contributed by atoms with Crippen molar-refractivity contribution in [1.82, 2.24) is 20.2 Å². The molecule has 65 heavy (non-hydrogen) atoms. The molecule has 2 aromatic rings. The van der Waals surface area contributed by atoms with Crippen LogP contribution in [0.5, 0.6) is 0 Å². The second-order valence-corrected chi connectivity index (χ2v) is 18.7. The van der Waals surface area contributed by atoms with Crippen LogP contribution in [0.2, 0.25) is 0 Å². The number of nitrogens with zero attached hydrogens (tertiary/aromatic N) is 3. The molecule has 4 heterocycles. The number of nitrogens with one attached hydrogen (secondary N) is 1. The molecule has 14 atom stereocenters. The maximum absolute atomic E-state index is 14.6. The number of benzene rings is 1. The third-order valence-electron chi connectivity index (χ3n) is 13.1. The summed E-state index contributed by atoms with van der Waals surface area (Å²) < 4.78 is 43.1. The zero-order valence-electron chi connectivity index (χ0n) is 39.7. The highest BCUT2D eigenvalue weighted by Crippen LogP contribution is 2.42. The summed E-state index contributed by atoms with van der Waals surface area (Å²) in [6.07, 6.45) is 0.427. The Morgan fingerprint density at radius 2 is 1.72 bits per heavy atom. The summed E-state index contributed by atoms with van der Waals surface area (Å²) in [6.45, 7) is 16.5. The number of aromatic nitrogens is 2. The third kappa shape index (κ3) is 11.9. The number of ketones is 1. The Labute approximate surface area is 382 Å². The molecule has 0 bridgehead atoms. The van der Waals surface area contributed by atoms with E-state index in [2.05, 4.69) is 15.3 Å². The lowest BCUT2D eigenvalue weighted by Crippen LogP contribution is -2.61. The first-order valence-corrected chi connectivity index (χ1v) is 22.6. The minimum atomic E-state index is -1.80. The standard InChI is InChI=1S/C48H68N4O13/c1-13-36-48(10)40(51-45(57)64-48)29(6)37(53)27(4)24-47(9,65-46(58)59-22-14-15-32-16-18-33(19-17-32)34-25-49-20-21-50-34)41(63-44-38(54)35(52(11)12)23-28(5)60-44)30(7)39(31(8)43(56)61-36)62-42(55)26(2)3/h14-21,25-31,35-36,38-41,44,54H,13,22-24H2,1-12H3,(H,51,57)/b15-14+/t27-,28-,29+,30+,31-,35+,36-,38-,39+,40-,41-,44+,47-,48-/m1/s1. The van der Waals surface area contributed by atoms with Crippen molar-refractivity contribution in [2.75, 3.05) is 20.7 Å². The maximum Gasteiger partial charge on any atom is 0.509 e. The first-order valence-electron chi connectivity index (χ1n) is 22.6. The van der Waals surface area contributed by atoms with Gasteiger partial charge >= 0.3 is 24.2 Å². The van der Waals surface area contributed by atoms with Gasteiger partial charge in [-0.05, 0) is 72.7 Å². The zero-order chi connectivity index (χ0) is 48.0. The average molecular weight is 909 g/mol. The molecular weight excluding hydrogens is 841 g/mol. The molecule has 1 aromatic carbocycles. The van der Waals surface area contributed by atoms with E-state index in [1.807, 2.05) is 50.2 Å². The molecule has 3 fully saturated rings. The Bertz CT molecular complexity index is 2000. The highest BCUT2D eigenvalue weighted by Gasteiger charge is 2.58. The minimum absolute atomic E-state index is 0.178. The summed E-state index contributed by atoms with van der Waals surface area (Å²) in [6, 6.07) is 6.23. The van der Waals surface area contributed by atoms with Crippen LogP contribution in [0.1, 0.15) is 94.1 Å². The summed E-state index contributed by atoms with van der Waals surface area (Å²) in [5, 5.41) is 14.5. The normalized spacial score (nSPS) is 34.8. The summed E-state index contributed by atoms with van der Waals surface area (Å²) in [5.74, 6) is -6.27. The number of ether oxygens (including phenoxy) is 7. The predicted octanol–water partition coefficient (Wildman–Crippen LogP) is 6.15. The van der Waals surface area contributed by atoms with Gasteiger partial charge in [0.05, 0.1) is 35.9 Å². The van der Waals surface area contributed by atoms with Crippen LogP contribution < -0.4 is 5.32 Å². The lowest BCUT2D eigenvalue weighted by Gasteiger charge is -2.48. The number of alkyl carbamates (subject to hydrolysis) is 1. The number of carbonyl (C=O) groups is 5. The van der Waals surface area contributed by atoms with Gasteiger partial charge in [0.25, 0.3) is 0 Å². The third-order valence-corrected chi connectivity index (χ3v) is 13.1. The van der Waals surface area contributed by atoms with Gasteiger partial charge in [0.1, 0.15) is 42.4 Å². The second kappa shape index (κ2) is 21.6. The van der Waals surface area contributed by atoms with Gasteiger partial charge in [0.15, 0.2) is 11.9 Å². The summed E-state index contributed by atoms with van der Waals surface area (Å²) >= 11 is 0. The van der Waals surface area contributed by atoms with Crippen molar-refractivity contribution in [3.05, 3.63) is 54.5 Å². The highest BCUT2D eigenvalue weighted by atomic mass is 16.8. The van der Waals surface area contributed by atoms with Crippen LogP contribution in [0.25, 0.3) is 17.3 Å². The Morgan fingerprint density at radius 3 is 2.34 bits per heavy atom. The van der Waals surface area contributed by atoms with Crippen molar-refractivity contribution in [2.45, 2.75) is 149 Å². The van der Waals surface area contributed by atoms with E-state index in [1.54, 1.807) is 93.1 Å². The molecule has 0 radical (unpaired) electrons. The number of carbonyl (C=O) groups excluding carboxylic acids is 5. The molecule has 17 heteroatoms. The van der Waals surface area contributed by atoms with Gasteiger partial charge in [0.2, 0.25) is 0 Å². The summed E-state index contributed by atoms with van der Waals surface area (Å²) in [5.41, 5.74) is -0.840. The largest absolute Gasteiger partial charge is 0.509 e. The van der Waals surface area contributed by atoms with E-state index in [0.717, 1.165) is 16.8 Å². The van der Waals surface area contributed by atoms with Crippen LogP contribution in [-0.2, 0) is 47.5 Å². The van der Waals surface area contributed by atoms with Gasteiger partial charge in [0, 0.05) is 41.8 Å². The van der Waals surface area contributed by atoms with Crippen LogP contribution in [0.15, 0.2) is 48.9 Å². The molecule has 1 amide bonds. The molecule has 0 aliphatic carbocycles. The number of aliphatic hydroxyl groups is 1. The van der Waals surface area contributed by atoms with Crippen LogP contribution in [-0.4, -0.2) is 131 Å². The van der Waals surface area contributed by atoms with Crippen molar-refractivity contribution in [2.24, 2.45) is 29.6 Å². The summed E-state index contributed by atoms with van der Waals surface area (Å²) in [7, 11) is 3.66. The molecule has 3 aliphatic rings. The van der Waals surface area contributed by atoms with Crippen LogP contribution in [0, 0.1) is 29.6 Å². The number of cyclic esters (lactones) is 1. The SMILES string of the molecule is CC[C@H]1OC(=O)[C@H](C)[C@@H](OC(=O)C(C)C)[C@H](C)[C@@H](O[C@@H]2O[C@H](C)C[C@H](N(C)C)[C@H]2O)[C@](C)(OC(=O)OC/C=C/c2ccc(-c3cnccn3)cc2)C[C@@H](C)C(=O)[C@H](C)[C@H]2NC(=O)O[C@@]21C. The number of rotatable bonds is 11. The molecule has 3 aliphatic heterocycles. The van der Waals surface area contributed by atoms with Crippen molar-refractivity contribution in [1.29, 1.82) is 0 Å². The smallest absolute Gasteiger partial charge is 0.461 e. The molecule has 0 unspecified atom stereocenters. The Balaban J connectivity index is 1.56. The fourth-order valence-corrected chi connectivity index (χ4v) is 9.44. The lowest BCUT2D eigenvalue weighted by molar-refractivity contribution is -0.300. The molecule has 358 valence electrons. The first kappa shape index (κ1) is 51.0. The van der Waals surface area contributed by atoms with Gasteiger partial charge in [-0.3, -0.25) is 24.4 Å². The van der Waals surface area contributed by atoms with E-state index in [1.165, 1.54) is 0 Å². The van der Waals surface area contributed by atoms with E-state index in [0.29, 0.717) is 6.42 Å². The number of hydrogen-bond donors (Lipinski definition) is 2. The number of esters is 2. The molecular formula is C48H68N4O13. The van der Waals surface area contributed by atoms with Crippen molar-refractivity contribution < 1.29 is 62.2 Å². The number of hydrogen-bond acceptors (Lipinski definition) is 16. The van der Waals surface area contributed by atoms with Gasteiger partial charge in [-0.1, -0.05) is 71.9 Å². The minimum Gasteiger partial charge on any atom is -0.461 e. The fraction of sp³-hybridized carbons (Fsp3) is 0.646. The lowest BCUT2D eigenvalue weighted by atomic mass is 9.73. The molecule has 3 saturated heterocycles. The van der Waals surface area contributed by atoms with E-state index in [-0.39, 0.29) is 31.3 Å². The van der Waals surface area contributed by atoms with Crippen LogP contribution in [0.3, 0.4) is 0 Å². The molecule has 17 nitrogen and oxygen atoms in total. The number of Topliss-reactive ketones (excluding diaryl/α,β-unsaturated/α-hetero) is 1. The molecule has 0 spiro atoms. The van der Waals surface area contributed by atoms with Gasteiger partial charge in [-0.15, -0.1) is 0 Å². The predicted molar refractivity (Wildman–Crippen MR) is 238 cm³/mol. The number of likely N-dealkylation sites (N-methyl/N-ethyl adjacent to an activating group) is 1. The Kier molecular flexibility index (Phi) is 16.9. The van der Waals surface area contributed by atoms with E-state index in [9.17, 15) is 29.1 Å². The summed E-state index contributed by atoms with van der Waals surface area (Å²) in [4.78, 5) is 79.8. The topological polar surface area (TPSA) is 211 Å². The van der Waals surface area contributed by atoms with Crippen molar-refractivity contribution >= 4 is 36.0 Å². The molecule has 0 saturated carbocycles. The molecule has 1 aromatic heterocycles. The van der Waals surface area contributed by atoms with Crippen LogP contribution in [0.4, 0.5) is 9.59 Å². The fourth-order valence-electron chi connectivity index (χ4n) is 9.44. The average Bonchev–Trinajstić information content (AvgIpc) is 3.58.